The summed E-state index contributed by atoms with van der Waals surface area (Å²) in [5.41, 5.74) is 6.38. The molecule has 0 aliphatic carbocycles. The van der Waals surface area contributed by atoms with E-state index in [9.17, 15) is 9.90 Å². The van der Waals surface area contributed by atoms with Crippen LogP contribution in [0.15, 0.2) is 97.1 Å². The van der Waals surface area contributed by atoms with E-state index >= 15 is 0 Å². The predicted octanol–water partition coefficient (Wildman–Crippen LogP) is 7.80. The number of aromatic hydroxyl groups is 1. The number of phenols is 1. The number of hydrogen-bond acceptors (Lipinski definition) is 2. The molecule has 1 N–H and O–H groups in total. The molecule has 4 rings (SSSR count). The first-order chi connectivity index (χ1) is 17.6. The maximum atomic E-state index is 11.8. The van der Waals surface area contributed by atoms with Crippen molar-refractivity contribution in [1.82, 2.24) is 0 Å². The van der Waals surface area contributed by atoms with E-state index in [0.717, 1.165) is 54.0 Å². The van der Waals surface area contributed by atoms with Crippen LogP contribution in [0.3, 0.4) is 0 Å². The minimum absolute atomic E-state index is 0.240. The van der Waals surface area contributed by atoms with Gasteiger partial charge in [-0.25, -0.2) is 0 Å². The van der Waals surface area contributed by atoms with Crippen LogP contribution in [-0.2, 0) is 18.0 Å². The third-order valence-corrected chi connectivity index (χ3v) is 9.07. The molecule has 0 aliphatic rings. The lowest BCUT2D eigenvalue weighted by molar-refractivity contribution is 0.112. The van der Waals surface area contributed by atoms with Gasteiger partial charge in [0.1, 0.15) is 5.75 Å². The molecule has 0 heterocycles. The highest BCUT2D eigenvalue weighted by atomic mass is 31.1. The molecule has 0 fully saturated rings. The number of carbonyl (C=O) groups is 1. The van der Waals surface area contributed by atoms with Crippen LogP contribution in [0.5, 0.6) is 5.75 Å². The van der Waals surface area contributed by atoms with Crippen LogP contribution in [0, 0.1) is 0 Å². The van der Waals surface area contributed by atoms with Crippen molar-refractivity contribution in [2.75, 3.05) is 0 Å². The molecule has 4 aromatic carbocycles. The average Bonchev–Trinajstić information content (AvgIpc) is 2.91. The second-order valence-electron chi connectivity index (χ2n) is 9.49. The van der Waals surface area contributed by atoms with Crippen LogP contribution in [0.2, 0.25) is 0 Å². The van der Waals surface area contributed by atoms with Crippen LogP contribution in [0.25, 0.3) is 0 Å². The lowest BCUT2D eigenvalue weighted by Crippen LogP contribution is -2.24. The monoisotopic (exact) mass is 494 g/mol. The van der Waals surface area contributed by atoms with Crippen molar-refractivity contribution < 1.29 is 9.90 Å². The van der Waals surface area contributed by atoms with E-state index in [2.05, 4.69) is 68.4 Å². The van der Waals surface area contributed by atoms with Gasteiger partial charge < -0.3 is 5.11 Å². The Kier molecular flexibility index (Phi) is 8.73. The summed E-state index contributed by atoms with van der Waals surface area (Å²) in [6, 6.07) is 33.2. The van der Waals surface area contributed by atoms with Gasteiger partial charge in [-0.2, -0.15) is 0 Å². The Labute approximate surface area is 217 Å². The zero-order valence-corrected chi connectivity index (χ0v) is 22.2. The number of aldehydes is 1. The standard InChI is InChI=1S/C33H35O2P/c1-3-19-33(4-2,36-31-18-12-11-17-28(31)24-34)30-23-27(20-25-13-7-5-8-14-25)22-29(32(30)35)21-26-15-9-6-10-16-26/h5-18,22-24,35-36H,3-4,19-21H2,1-2H3. The third kappa shape index (κ3) is 5.94. The summed E-state index contributed by atoms with van der Waals surface area (Å²) in [6.45, 7) is 4.42. The minimum atomic E-state index is -0.240. The largest absolute Gasteiger partial charge is 0.507 e. The van der Waals surface area contributed by atoms with Crippen molar-refractivity contribution >= 4 is 20.2 Å². The van der Waals surface area contributed by atoms with Crippen LogP contribution in [0.4, 0.5) is 0 Å². The first-order valence-electron chi connectivity index (χ1n) is 12.8. The van der Waals surface area contributed by atoms with Crippen molar-refractivity contribution in [3.8, 4) is 5.75 Å². The second-order valence-corrected chi connectivity index (χ2v) is 11.2. The van der Waals surface area contributed by atoms with Crippen LogP contribution in [0.1, 0.15) is 71.3 Å². The molecule has 2 nitrogen and oxygen atoms in total. The molecule has 0 aliphatic heterocycles. The number of benzene rings is 4. The molecule has 0 saturated carbocycles. The molecule has 184 valence electrons. The van der Waals surface area contributed by atoms with E-state index < -0.39 is 0 Å². The van der Waals surface area contributed by atoms with E-state index in [0.29, 0.717) is 20.8 Å². The maximum absolute atomic E-state index is 11.8. The Balaban J connectivity index is 1.86. The summed E-state index contributed by atoms with van der Waals surface area (Å²) in [5, 5.41) is 12.6. The number of hydrogen-bond donors (Lipinski definition) is 1. The normalized spacial score (nSPS) is 13.1. The summed E-state index contributed by atoms with van der Waals surface area (Å²) in [7, 11) is 0.389. The van der Waals surface area contributed by atoms with Gasteiger partial charge in [-0.1, -0.05) is 126 Å². The first-order valence-corrected chi connectivity index (χ1v) is 13.8. The molecule has 3 heteroatoms. The summed E-state index contributed by atoms with van der Waals surface area (Å²) in [4.78, 5) is 11.8. The van der Waals surface area contributed by atoms with Crippen LogP contribution in [-0.4, -0.2) is 11.4 Å². The molecule has 0 aromatic heterocycles. The zero-order chi connectivity index (χ0) is 25.4. The van der Waals surface area contributed by atoms with Gasteiger partial charge in [0.2, 0.25) is 0 Å². The van der Waals surface area contributed by atoms with E-state index in [4.69, 9.17) is 0 Å². The average molecular weight is 495 g/mol. The van der Waals surface area contributed by atoms with Crippen LogP contribution >= 0.6 is 8.58 Å². The van der Waals surface area contributed by atoms with E-state index in [1.165, 1.54) is 16.7 Å². The van der Waals surface area contributed by atoms with Crippen molar-refractivity contribution in [3.63, 3.8) is 0 Å². The van der Waals surface area contributed by atoms with Crippen molar-refractivity contribution in [2.45, 2.75) is 51.1 Å². The molecule has 0 spiro atoms. The molecule has 0 bridgehead atoms. The third-order valence-electron chi connectivity index (χ3n) is 6.99. The molecule has 4 aromatic rings. The Morgan fingerprint density at radius 2 is 1.39 bits per heavy atom. The SMILES string of the molecule is CCCC(CC)(Pc1ccccc1C=O)c1cc(Cc2ccccc2)cc(Cc2ccccc2)c1O. The topological polar surface area (TPSA) is 37.3 Å². The van der Waals surface area contributed by atoms with Gasteiger partial charge in [-0.15, -0.1) is 0 Å². The van der Waals surface area contributed by atoms with Gasteiger partial charge in [0.05, 0.1) is 0 Å². The van der Waals surface area contributed by atoms with Gasteiger partial charge in [0, 0.05) is 22.7 Å². The van der Waals surface area contributed by atoms with Gasteiger partial charge in [0.15, 0.2) is 6.29 Å². The Morgan fingerprint density at radius 1 is 0.778 bits per heavy atom. The Bertz CT molecular complexity index is 1280. The molecule has 2 unspecified atom stereocenters. The zero-order valence-electron chi connectivity index (χ0n) is 21.2. The lowest BCUT2D eigenvalue weighted by atomic mass is 9.85. The fraction of sp³-hybridized carbons (Fsp3) is 0.242. The number of phenolic OH excluding ortho intramolecular Hbond substituents is 1. The molecule has 0 amide bonds. The minimum Gasteiger partial charge on any atom is -0.507 e. The fourth-order valence-electron chi connectivity index (χ4n) is 5.13. The highest BCUT2D eigenvalue weighted by Gasteiger charge is 2.34. The summed E-state index contributed by atoms with van der Waals surface area (Å²) in [6.07, 6.45) is 5.29. The Hall–Kier alpha value is -3.22. The lowest BCUT2D eigenvalue weighted by Gasteiger charge is -2.35. The van der Waals surface area contributed by atoms with Gasteiger partial charge in [0.25, 0.3) is 0 Å². The second kappa shape index (κ2) is 12.2. The number of carbonyl (C=O) groups excluding carboxylic acids is 1. The smallest absolute Gasteiger partial charge is 0.150 e. The van der Waals surface area contributed by atoms with E-state index in [1.54, 1.807) is 0 Å². The van der Waals surface area contributed by atoms with E-state index in [-0.39, 0.29) is 5.16 Å². The van der Waals surface area contributed by atoms with Gasteiger partial charge >= 0.3 is 0 Å². The highest BCUT2D eigenvalue weighted by molar-refractivity contribution is 7.48. The summed E-state index contributed by atoms with van der Waals surface area (Å²) in [5.74, 6) is 0.405. The van der Waals surface area contributed by atoms with E-state index in [1.807, 2.05) is 42.5 Å². The first kappa shape index (κ1) is 25.9. The molecular weight excluding hydrogens is 459 g/mol. The van der Waals surface area contributed by atoms with Crippen molar-refractivity contribution in [2.24, 2.45) is 0 Å². The van der Waals surface area contributed by atoms with Crippen LogP contribution < -0.4 is 5.30 Å². The quantitative estimate of drug-likeness (QED) is 0.171. The number of rotatable bonds is 11. The van der Waals surface area contributed by atoms with Crippen molar-refractivity contribution in [1.29, 1.82) is 0 Å². The predicted molar refractivity (Wildman–Crippen MR) is 153 cm³/mol. The Morgan fingerprint density at radius 3 is 2.00 bits per heavy atom. The molecule has 36 heavy (non-hydrogen) atoms. The molecular formula is C33H35O2P. The fourth-order valence-corrected chi connectivity index (χ4v) is 6.99. The molecule has 0 radical (unpaired) electrons. The maximum Gasteiger partial charge on any atom is 0.150 e. The van der Waals surface area contributed by atoms with Gasteiger partial charge in [-0.05, 0) is 46.8 Å². The van der Waals surface area contributed by atoms with Gasteiger partial charge in [-0.3, -0.25) is 4.79 Å². The summed E-state index contributed by atoms with van der Waals surface area (Å²) >= 11 is 0. The van der Waals surface area contributed by atoms with Crippen molar-refractivity contribution in [3.05, 3.63) is 130 Å². The summed E-state index contributed by atoms with van der Waals surface area (Å²) < 4.78 is 0. The molecule has 0 saturated heterocycles. The molecule has 2 atom stereocenters. The highest BCUT2D eigenvalue weighted by Crippen LogP contribution is 2.52.